The highest BCUT2D eigenvalue weighted by molar-refractivity contribution is 5.73. The summed E-state index contributed by atoms with van der Waals surface area (Å²) in [6.45, 7) is 6.96. The number of carbonyl (C=O) groups is 1. The van der Waals surface area contributed by atoms with Crippen molar-refractivity contribution >= 4 is 6.03 Å². The van der Waals surface area contributed by atoms with Crippen LogP contribution >= 0.6 is 0 Å². The molecule has 1 aromatic heterocycles. The fraction of sp³-hybridized carbons (Fsp3) is 0.400. The Hall–Kier alpha value is -2.37. The second-order valence-corrected chi connectivity index (χ2v) is 5.96. The van der Waals surface area contributed by atoms with Gasteiger partial charge in [-0.05, 0) is 17.5 Å². The molecule has 2 aromatic rings. The van der Waals surface area contributed by atoms with Gasteiger partial charge in [0.15, 0.2) is 0 Å². The normalized spacial score (nSPS) is 11.2. The SMILES string of the molecule is CC(C)(C)CNC(=O)NCc1nnc(-c2ccccc2)o1. The minimum atomic E-state index is -0.246. The molecule has 0 atom stereocenters. The molecular weight excluding hydrogens is 268 g/mol. The van der Waals surface area contributed by atoms with E-state index in [0.717, 1.165) is 5.56 Å². The molecule has 0 saturated carbocycles. The Morgan fingerprint density at radius 3 is 2.52 bits per heavy atom. The van der Waals surface area contributed by atoms with E-state index in [1.165, 1.54) is 0 Å². The fourth-order valence-electron chi connectivity index (χ4n) is 1.59. The molecule has 0 aliphatic carbocycles. The second kappa shape index (κ2) is 6.39. The minimum Gasteiger partial charge on any atom is -0.419 e. The molecule has 0 aliphatic rings. The summed E-state index contributed by atoms with van der Waals surface area (Å²) in [6.07, 6.45) is 0. The standard InChI is InChI=1S/C15H20N4O2/c1-15(2,3)10-17-14(20)16-9-12-18-19-13(21-12)11-7-5-4-6-8-11/h4-8H,9-10H2,1-3H3,(H2,16,17,20). The Labute approximate surface area is 124 Å². The molecule has 21 heavy (non-hydrogen) atoms. The van der Waals surface area contributed by atoms with Gasteiger partial charge in [-0.25, -0.2) is 4.79 Å². The lowest BCUT2D eigenvalue weighted by Crippen LogP contribution is -2.39. The Balaban J connectivity index is 1.85. The second-order valence-electron chi connectivity index (χ2n) is 5.96. The number of urea groups is 1. The van der Waals surface area contributed by atoms with Crippen LogP contribution in [0.3, 0.4) is 0 Å². The molecule has 6 nitrogen and oxygen atoms in total. The molecule has 0 saturated heterocycles. The van der Waals surface area contributed by atoms with Crippen LogP contribution in [-0.2, 0) is 6.54 Å². The molecule has 2 rings (SSSR count). The quantitative estimate of drug-likeness (QED) is 0.906. The number of hydrogen-bond acceptors (Lipinski definition) is 4. The molecule has 6 heteroatoms. The third kappa shape index (κ3) is 4.91. The van der Waals surface area contributed by atoms with E-state index in [2.05, 4.69) is 41.6 Å². The molecule has 1 heterocycles. The molecule has 0 aliphatic heterocycles. The smallest absolute Gasteiger partial charge is 0.315 e. The largest absolute Gasteiger partial charge is 0.419 e. The zero-order valence-corrected chi connectivity index (χ0v) is 12.5. The van der Waals surface area contributed by atoms with Crippen LogP contribution in [-0.4, -0.2) is 22.8 Å². The van der Waals surface area contributed by atoms with Gasteiger partial charge in [-0.15, -0.1) is 10.2 Å². The Bertz CT molecular complexity index is 587. The van der Waals surface area contributed by atoms with Crippen molar-refractivity contribution in [3.63, 3.8) is 0 Å². The van der Waals surface area contributed by atoms with Crippen LogP contribution < -0.4 is 10.6 Å². The van der Waals surface area contributed by atoms with Crippen LogP contribution in [0.5, 0.6) is 0 Å². The number of amides is 2. The van der Waals surface area contributed by atoms with Gasteiger partial charge in [0.2, 0.25) is 11.8 Å². The van der Waals surface area contributed by atoms with Gasteiger partial charge in [-0.3, -0.25) is 0 Å². The van der Waals surface area contributed by atoms with E-state index < -0.39 is 0 Å². The number of benzene rings is 1. The Morgan fingerprint density at radius 2 is 1.86 bits per heavy atom. The molecule has 1 aromatic carbocycles. The van der Waals surface area contributed by atoms with E-state index in [4.69, 9.17) is 4.42 Å². The van der Waals surface area contributed by atoms with Gasteiger partial charge in [0, 0.05) is 12.1 Å². The number of hydrogen-bond donors (Lipinski definition) is 2. The van der Waals surface area contributed by atoms with Gasteiger partial charge < -0.3 is 15.1 Å². The number of carbonyl (C=O) groups excluding carboxylic acids is 1. The van der Waals surface area contributed by atoms with Gasteiger partial charge in [0.05, 0.1) is 6.54 Å². The summed E-state index contributed by atoms with van der Waals surface area (Å²) in [6, 6.07) is 9.25. The summed E-state index contributed by atoms with van der Waals surface area (Å²) in [5, 5.41) is 13.4. The maximum atomic E-state index is 11.6. The lowest BCUT2D eigenvalue weighted by molar-refractivity contribution is 0.234. The van der Waals surface area contributed by atoms with Gasteiger partial charge in [0.25, 0.3) is 0 Å². The first-order valence-corrected chi connectivity index (χ1v) is 6.83. The Kier molecular flexibility index (Phi) is 4.57. The van der Waals surface area contributed by atoms with Crippen LogP contribution in [0.4, 0.5) is 4.79 Å². The number of rotatable bonds is 4. The van der Waals surface area contributed by atoms with E-state index in [1.807, 2.05) is 30.3 Å². The third-order valence-corrected chi connectivity index (χ3v) is 2.67. The molecule has 112 valence electrons. The van der Waals surface area contributed by atoms with Crippen molar-refractivity contribution in [2.45, 2.75) is 27.3 Å². The average molecular weight is 288 g/mol. The minimum absolute atomic E-state index is 0.0440. The van der Waals surface area contributed by atoms with Crippen LogP contribution in [0, 0.1) is 5.41 Å². The van der Waals surface area contributed by atoms with Crippen molar-refractivity contribution in [1.82, 2.24) is 20.8 Å². The van der Waals surface area contributed by atoms with E-state index >= 15 is 0 Å². The van der Waals surface area contributed by atoms with Gasteiger partial charge in [0.1, 0.15) is 0 Å². The van der Waals surface area contributed by atoms with Crippen molar-refractivity contribution in [3.05, 3.63) is 36.2 Å². The zero-order valence-electron chi connectivity index (χ0n) is 12.5. The highest BCUT2D eigenvalue weighted by Crippen LogP contribution is 2.16. The highest BCUT2D eigenvalue weighted by atomic mass is 16.4. The predicted octanol–water partition coefficient (Wildman–Crippen LogP) is 2.58. The fourth-order valence-corrected chi connectivity index (χ4v) is 1.59. The predicted molar refractivity (Wildman–Crippen MR) is 79.4 cm³/mol. The van der Waals surface area contributed by atoms with E-state index in [9.17, 15) is 4.79 Å². The number of nitrogens with zero attached hydrogens (tertiary/aromatic N) is 2. The lowest BCUT2D eigenvalue weighted by Gasteiger charge is -2.18. The van der Waals surface area contributed by atoms with Gasteiger partial charge in [-0.2, -0.15) is 0 Å². The monoisotopic (exact) mass is 288 g/mol. The molecule has 2 N–H and O–H groups in total. The molecule has 0 fully saturated rings. The first kappa shape index (κ1) is 15.0. The lowest BCUT2D eigenvalue weighted by atomic mass is 9.97. The summed E-state index contributed by atoms with van der Waals surface area (Å²) >= 11 is 0. The summed E-state index contributed by atoms with van der Waals surface area (Å²) in [5.41, 5.74) is 0.899. The van der Waals surface area contributed by atoms with E-state index in [1.54, 1.807) is 0 Å². The van der Waals surface area contributed by atoms with Crippen molar-refractivity contribution in [2.75, 3.05) is 6.54 Å². The maximum Gasteiger partial charge on any atom is 0.315 e. The van der Waals surface area contributed by atoms with Crippen molar-refractivity contribution < 1.29 is 9.21 Å². The molecule has 2 amide bonds. The summed E-state index contributed by atoms with van der Waals surface area (Å²) in [7, 11) is 0. The molecule has 0 bridgehead atoms. The molecule has 0 radical (unpaired) electrons. The zero-order chi connectivity index (χ0) is 15.3. The highest BCUT2D eigenvalue weighted by Gasteiger charge is 2.13. The first-order chi connectivity index (χ1) is 9.94. The first-order valence-electron chi connectivity index (χ1n) is 6.83. The number of aromatic nitrogens is 2. The summed E-state index contributed by atoms with van der Waals surface area (Å²) in [5.74, 6) is 0.822. The summed E-state index contributed by atoms with van der Waals surface area (Å²) in [4.78, 5) is 11.6. The molecule has 0 unspecified atom stereocenters. The van der Waals surface area contributed by atoms with E-state index in [-0.39, 0.29) is 18.0 Å². The van der Waals surface area contributed by atoms with Crippen LogP contribution in [0.1, 0.15) is 26.7 Å². The summed E-state index contributed by atoms with van der Waals surface area (Å²) < 4.78 is 5.50. The maximum absolute atomic E-state index is 11.6. The van der Waals surface area contributed by atoms with Crippen LogP contribution in [0.25, 0.3) is 11.5 Å². The number of nitrogens with one attached hydrogen (secondary N) is 2. The molecular formula is C15H20N4O2. The van der Waals surface area contributed by atoms with Crippen molar-refractivity contribution in [3.8, 4) is 11.5 Å². The van der Waals surface area contributed by atoms with Crippen LogP contribution in [0.15, 0.2) is 34.7 Å². The van der Waals surface area contributed by atoms with E-state index in [0.29, 0.717) is 18.3 Å². The Morgan fingerprint density at radius 1 is 1.14 bits per heavy atom. The van der Waals surface area contributed by atoms with Crippen molar-refractivity contribution in [2.24, 2.45) is 5.41 Å². The average Bonchev–Trinajstić information content (AvgIpc) is 2.92. The third-order valence-electron chi connectivity index (χ3n) is 2.67. The van der Waals surface area contributed by atoms with Gasteiger partial charge in [-0.1, -0.05) is 39.0 Å². The van der Waals surface area contributed by atoms with Gasteiger partial charge >= 0.3 is 6.03 Å². The topological polar surface area (TPSA) is 80.0 Å². The van der Waals surface area contributed by atoms with Crippen molar-refractivity contribution in [1.29, 1.82) is 0 Å². The van der Waals surface area contributed by atoms with Crippen LogP contribution in [0.2, 0.25) is 0 Å². The molecule has 0 spiro atoms.